The zero-order chi connectivity index (χ0) is 10.4. The molecule has 0 heterocycles. The second-order valence-corrected chi connectivity index (χ2v) is 3.72. The minimum atomic E-state index is -4.37. The Morgan fingerprint density at radius 1 is 1.14 bits per heavy atom. The van der Waals surface area contributed by atoms with Crippen molar-refractivity contribution in [1.29, 1.82) is 0 Å². The molecule has 5 nitrogen and oxygen atoms in total. The molecule has 0 spiro atoms. The number of ether oxygens (including phenoxy) is 1. The van der Waals surface area contributed by atoms with Crippen molar-refractivity contribution in [2.75, 3.05) is 13.2 Å². The van der Waals surface area contributed by atoms with Crippen LogP contribution < -0.4 is 4.74 Å². The lowest BCUT2D eigenvalue weighted by Crippen LogP contribution is -2.05. The average molecular weight is 218 g/mol. The molecule has 0 atom stereocenters. The van der Waals surface area contributed by atoms with Crippen LogP contribution in [0, 0.1) is 0 Å². The van der Waals surface area contributed by atoms with E-state index in [4.69, 9.17) is 14.5 Å². The van der Waals surface area contributed by atoms with Crippen LogP contribution in [0.3, 0.4) is 0 Å². The Morgan fingerprint density at radius 2 is 1.79 bits per heavy atom. The lowest BCUT2D eigenvalue weighted by molar-refractivity contribution is 0.160. The molecule has 0 radical (unpaired) electrons. The van der Waals surface area contributed by atoms with Crippen molar-refractivity contribution < 1.29 is 23.6 Å². The summed E-state index contributed by atoms with van der Waals surface area (Å²) < 4.78 is 19.6. The van der Waals surface area contributed by atoms with Crippen molar-refractivity contribution in [3.8, 4) is 5.75 Å². The monoisotopic (exact) mass is 218 g/mol. The number of para-hydroxylation sites is 1. The molecule has 14 heavy (non-hydrogen) atoms. The Bertz CT molecular complexity index is 307. The fraction of sp³-hybridized carbons (Fsp3) is 0.250. The van der Waals surface area contributed by atoms with Gasteiger partial charge in [0.25, 0.3) is 0 Å². The van der Waals surface area contributed by atoms with E-state index in [1.807, 2.05) is 6.07 Å². The zero-order valence-electron chi connectivity index (χ0n) is 7.37. The number of phosphoric acid groups is 1. The predicted octanol–water partition coefficient (Wildman–Crippen LogP) is 1.17. The van der Waals surface area contributed by atoms with Gasteiger partial charge in [-0.1, -0.05) is 18.2 Å². The summed E-state index contributed by atoms with van der Waals surface area (Å²) >= 11 is 0. The first-order chi connectivity index (χ1) is 6.58. The number of benzene rings is 1. The molecule has 2 N–H and O–H groups in total. The van der Waals surface area contributed by atoms with E-state index in [-0.39, 0.29) is 13.2 Å². The standard InChI is InChI=1S/C8H11O5P/c9-14(10,11)13-7-6-12-8-4-2-1-3-5-8/h1-5H,6-7H2,(H2,9,10,11). The summed E-state index contributed by atoms with van der Waals surface area (Å²) in [6, 6.07) is 8.95. The highest BCUT2D eigenvalue weighted by Crippen LogP contribution is 2.35. The van der Waals surface area contributed by atoms with Gasteiger partial charge < -0.3 is 14.5 Å². The highest BCUT2D eigenvalue weighted by atomic mass is 31.2. The van der Waals surface area contributed by atoms with E-state index in [1.54, 1.807) is 24.3 Å². The molecule has 78 valence electrons. The van der Waals surface area contributed by atoms with Gasteiger partial charge in [0.15, 0.2) is 0 Å². The normalized spacial score (nSPS) is 11.3. The Kier molecular flexibility index (Phi) is 4.10. The van der Waals surface area contributed by atoms with Crippen molar-refractivity contribution in [2.24, 2.45) is 0 Å². The third kappa shape index (κ3) is 4.99. The van der Waals surface area contributed by atoms with Crippen LogP contribution in [0.5, 0.6) is 5.75 Å². The number of hydrogen-bond acceptors (Lipinski definition) is 3. The first kappa shape index (κ1) is 11.2. The van der Waals surface area contributed by atoms with E-state index >= 15 is 0 Å². The Balaban J connectivity index is 2.20. The Hall–Kier alpha value is -0.870. The summed E-state index contributed by atoms with van der Waals surface area (Å²) in [5.41, 5.74) is 0. The van der Waals surface area contributed by atoms with E-state index in [0.29, 0.717) is 5.75 Å². The van der Waals surface area contributed by atoms with Gasteiger partial charge in [0.05, 0.1) is 6.61 Å². The Labute approximate surface area is 81.5 Å². The molecule has 0 saturated carbocycles. The molecule has 0 aliphatic rings. The van der Waals surface area contributed by atoms with Gasteiger partial charge in [0, 0.05) is 0 Å². The summed E-state index contributed by atoms with van der Waals surface area (Å²) in [5, 5.41) is 0. The van der Waals surface area contributed by atoms with Crippen molar-refractivity contribution in [1.82, 2.24) is 0 Å². The summed E-state index contributed by atoms with van der Waals surface area (Å²) in [6.45, 7) is -0.0334. The van der Waals surface area contributed by atoms with Crippen LogP contribution in [-0.2, 0) is 9.09 Å². The van der Waals surface area contributed by atoms with E-state index in [0.717, 1.165) is 0 Å². The maximum Gasteiger partial charge on any atom is 0.469 e. The topological polar surface area (TPSA) is 76.0 Å². The van der Waals surface area contributed by atoms with Crippen molar-refractivity contribution in [3.05, 3.63) is 30.3 Å². The molecule has 0 aromatic heterocycles. The van der Waals surface area contributed by atoms with Gasteiger partial charge in [-0.3, -0.25) is 4.52 Å². The molecule has 0 bridgehead atoms. The molecular formula is C8H11O5P. The van der Waals surface area contributed by atoms with Crippen molar-refractivity contribution in [2.45, 2.75) is 0 Å². The SMILES string of the molecule is O=P(O)(O)OCCOc1ccccc1. The van der Waals surface area contributed by atoms with Gasteiger partial charge in [-0.15, -0.1) is 0 Å². The Morgan fingerprint density at radius 3 is 2.36 bits per heavy atom. The van der Waals surface area contributed by atoms with Gasteiger partial charge >= 0.3 is 7.82 Å². The largest absolute Gasteiger partial charge is 0.491 e. The second kappa shape index (κ2) is 5.12. The fourth-order valence-corrected chi connectivity index (χ4v) is 1.14. The minimum Gasteiger partial charge on any atom is -0.491 e. The van der Waals surface area contributed by atoms with Gasteiger partial charge in [-0.25, -0.2) is 4.57 Å². The minimum absolute atomic E-state index is 0.106. The zero-order valence-corrected chi connectivity index (χ0v) is 8.26. The maximum atomic E-state index is 10.3. The van der Waals surface area contributed by atoms with Crippen molar-refractivity contribution in [3.63, 3.8) is 0 Å². The lowest BCUT2D eigenvalue weighted by atomic mass is 10.3. The number of phosphoric ester groups is 1. The number of hydrogen-bond donors (Lipinski definition) is 2. The fourth-order valence-electron chi connectivity index (χ4n) is 0.832. The second-order valence-electron chi connectivity index (χ2n) is 2.49. The van der Waals surface area contributed by atoms with Crippen molar-refractivity contribution >= 4 is 7.82 Å². The smallest absolute Gasteiger partial charge is 0.469 e. The third-order valence-corrected chi connectivity index (χ3v) is 1.87. The summed E-state index contributed by atoms with van der Waals surface area (Å²) in [6.07, 6.45) is 0. The van der Waals surface area contributed by atoms with Crippen LogP contribution in [0.2, 0.25) is 0 Å². The highest BCUT2D eigenvalue weighted by molar-refractivity contribution is 7.46. The molecule has 1 aromatic carbocycles. The van der Waals surface area contributed by atoms with E-state index in [1.165, 1.54) is 0 Å². The molecule has 0 unspecified atom stereocenters. The van der Waals surface area contributed by atoms with Crippen LogP contribution >= 0.6 is 7.82 Å². The van der Waals surface area contributed by atoms with Crippen LogP contribution in [0.4, 0.5) is 0 Å². The average Bonchev–Trinajstić information content (AvgIpc) is 2.13. The van der Waals surface area contributed by atoms with Gasteiger partial charge in [0.2, 0.25) is 0 Å². The first-order valence-electron chi connectivity index (χ1n) is 3.96. The molecule has 1 aromatic rings. The van der Waals surface area contributed by atoms with Crippen LogP contribution in [0.15, 0.2) is 30.3 Å². The van der Waals surface area contributed by atoms with Gasteiger partial charge in [0.1, 0.15) is 12.4 Å². The first-order valence-corrected chi connectivity index (χ1v) is 5.49. The molecule has 0 aliphatic heterocycles. The predicted molar refractivity (Wildman–Crippen MR) is 49.9 cm³/mol. The molecule has 0 aliphatic carbocycles. The highest BCUT2D eigenvalue weighted by Gasteiger charge is 2.12. The van der Waals surface area contributed by atoms with Gasteiger partial charge in [-0.05, 0) is 12.1 Å². The lowest BCUT2D eigenvalue weighted by Gasteiger charge is -2.06. The third-order valence-electron chi connectivity index (χ3n) is 1.35. The van der Waals surface area contributed by atoms with Crippen LogP contribution in [-0.4, -0.2) is 23.0 Å². The molecular weight excluding hydrogens is 207 g/mol. The number of rotatable bonds is 5. The summed E-state index contributed by atoms with van der Waals surface area (Å²) in [7, 11) is -4.37. The van der Waals surface area contributed by atoms with E-state index in [2.05, 4.69) is 4.52 Å². The molecule has 0 saturated heterocycles. The maximum absolute atomic E-state index is 10.3. The van der Waals surface area contributed by atoms with Crippen LogP contribution in [0.1, 0.15) is 0 Å². The summed E-state index contributed by atoms with van der Waals surface area (Å²) in [5.74, 6) is 0.641. The molecule has 1 rings (SSSR count). The summed E-state index contributed by atoms with van der Waals surface area (Å²) in [4.78, 5) is 16.7. The quantitative estimate of drug-likeness (QED) is 0.573. The van der Waals surface area contributed by atoms with E-state index < -0.39 is 7.82 Å². The molecule has 6 heteroatoms. The van der Waals surface area contributed by atoms with E-state index in [9.17, 15) is 4.57 Å². The van der Waals surface area contributed by atoms with Gasteiger partial charge in [-0.2, -0.15) is 0 Å². The van der Waals surface area contributed by atoms with Crippen LogP contribution in [0.25, 0.3) is 0 Å². The molecule has 0 fully saturated rings. The molecule has 0 amide bonds.